The quantitative estimate of drug-likeness (QED) is 0.582. The first kappa shape index (κ1) is 16.2. The van der Waals surface area contributed by atoms with Crippen molar-refractivity contribution in [2.45, 2.75) is 25.7 Å². The van der Waals surface area contributed by atoms with Crippen molar-refractivity contribution < 1.29 is 9.47 Å². The van der Waals surface area contributed by atoms with Crippen molar-refractivity contribution in [1.29, 1.82) is 0 Å². The molecule has 0 unspecified atom stereocenters. The first-order valence-electron chi connectivity index (χ1n) is 9.23. The third kappa shape index (κ3) is 3.02. The second kappa shape index (κ2) is 6.63. The molecule has 0 atom stereocenters. The fraction of sp³-hybridized carbons (Fsp3) is 0.286. The van der Waals surface area contributed by atoms with E-state index in [4.69, 9.17) is 9.47 Å². The number of nitrogens with zero attached hydrogens (tertiary/aromatic N) is 3. The molecule has 0 radical (unpaired) electrons. The second-order valence-corrected chi connectivity index (χ2v) is 6.89. The van der Waals surface area contributed by atoms with Crippen molar-refractivity contribution in [3.8, 4) is 11.5 Å². The van der Waals surface area contributed by atoms with E-state index in [2.05, 4.69) is 19.9 Å². The van der Waals surface area contributed by atoms with Crippen molar-refractivity contribution in [3.63, 3.8) is 0 Å². The molecule has 3 heterocycles. The van der Waals surface area contributed by atoms with Crippen LogP contribution in [0.3, 0.4) is 0 Å². The Kier molecular flexibility index (Phi) is 3.98. The fourth-order valence-electron chi connectivity index (χ4n) is 3.82. The van der Waals surface area contributed by atoms with Crippen molar-refractivity contribution in [1.82, 2.24) is 19.9 Å². The van der Waals surface area contributed by atoms with Crippen molar-refractivity contribution in [3.05, 3.63) is 54.1 Å². The molecular weight excluding hydrogens is 340 g/mol. The summed E-state index contributed by atoms with van der Waals surface area (Å²) in [5, 5.41) is 0. The summed E-state index contributed by atoms with van der Waals surface area (Å²) in [4.78, 5) is 16.8. The average molecular weight is 360 g/mol. The number of hydrogen-bond acceptors (Lipinski definition) is 5. The van der Waals surface area contributed by atoms with Gasteiger partial charge in [-0.1, -0.05) is 0 Å². The lowest BCUT2D eigenvalue weighted by molar-refractivity contribution is 0.0852. The summed E-state index contributed by atoms with van der Waals surface area (Å²) in [6, 6.07) is 9.90. The van der Waals surface area contributed by atoms with Crippen LogP contribution >= 0.6 is 0 Å². The van der Waals surface area contributed by atoms with E-state index < -0.39 is 0 Å². The molecule has 4 aromatic rings. The third-order valence-corrected chi connectivity index (χ3v) is 5.07. The van der Waals surface area contributed by atoms with E-state index in [1.807, 2.05) is 37.3 Å². The lowest BCUT2D eigenvalue weighted by Crippen LogP contribution is -2.15. The minimum atomic E-state index is 0.354. The highest BCUT2D eigenvalue weighted by atomic mass is 16.5. The zero-order valence-corrected chi connectivity index (χ0v) is 15.1. The van der Waals surface area contributed by atoms with Crippen LogP contribution in [0, 0.1) is 6.92 Å². The molecule has 1 aliphatic rings. The molecule has 0 bridgehead atoms. The van der Waals surface area contributed by atoms with E-state index in [0.29, 0.717) is 5.92 Å². The van der Waals surface area contributed by atoms with E-state index in [9.17, 15) is 0 Å². The Labute approximate surface area is 156 Å². The lowest BCUT2D eigenvalue weighted by atomic mass is 9.89. The SMILES string of the molecule is Cc1nc2ccc(Oc3ccc4nccnc4c3C3CCOCC3)cc2[nH]1. The van der Waals surface area contributed by atoms with E-state index in [0.717, 1.165) is 71.0 Å². The van der Waals surface area contributed by atoms with Crippen molar-refractivity contribution >= 4 is 22.1 Å². The number of fused-ring (bicyclic) bond motifs is 2. The molecule has 0 aliphatic carbocycles. The number of aromatic amines is 1. The van der Waals surface area contributed by atoms with Crippen LogP contribution in [-0.2, 0) is 4.74 Å². The Bertz CT molecular complexity index is 1120. The first-order chi connectivity index (χ1) is 13.3. The zero-order valence-electron chi connectivity index (χ0n) is 15.1. The Hall–Kier alpha value is -2.99. The predicted octanol–water partition coefficient (Wildman–Crippen LogP) is 4.50. The molecule has 136 valence electrons. The number of ether oxygens (including phenoxy) is 2. The van der Waals surface area contributed by atoms with Crippen LogP contribution < -0.4 is 4.74 Å². The third-order valence-electron chi connectivity index (χ3n) is 5.07. The fourth-order valence-corrected chi connectivity index (χ4v) is 3.82. The summed E-state index contributed by atoms with van der Waals surface area (Å²) in [6.45, 7) is 3.48. The van der Waals surface area contributed by atoms with Gasteiger partial charge in [-0.2, -0.15) is 0 Å². The number of hydrogen-bond donors (Lipinski definition) is 1. The molecule has 6 nitrogen and oxygen atoms in total. The molecule has 2 aromatic carbocycles. The molecule has 2 aromatic heterocycles. The van der Waals surface area contributed by atoms with Gasteiger partial charge in [0.1, 0.15) is 17.3 Å². The Morgan fingerprint density at radius 1 is 1.04 bits per heavy atom. The van der Waals surface area contributed by atoms with Gasteiger partial charge < -0.3 is 14.5 Å². The molecule has 1 aliphatic heterocycles. The monoisotopic (exact) mass is 360 g/mol. The second-order valence-electron chi connectivity index (χ2n) is 6.89. The van der Waals surface area contributed by atoms with Gasteiger partial charge in [-0.25, -0.2) is 4.98 Å². The summed E-state index contributed by atoms with van der Waals surface area (Å²) in [5.41, 5.74) is 4.85. The summed E-state index contributed by atoms with van der Waals surface area (Å²) >= 11 is 0. The van der Waals surface area contributed by atoms with Gasteiger partial charge >= 0.3 is 0 Å². The maximum atomic E-state index is 6.33. The number of nitrogens with one attached hydrogen (secondary N) is 1. The molecule has 1 saturated heterocycles. The molecule has 0 spiro atoms. The van der Waals surface area contributed by atoms with E-state index in [-0.39, 0.29) is 0 Å². The summed E-state index contributed by atoms with van der Waals surface area (Å²) in [7, 11) is 0. The van der Waals surface area contributed by atoms with Crippen LogP contribution in [0.5, 0.6) is 11.5 Å². The standard InChI is InChI=1S/C21H20N4O2/c1-13-24-16-3-2-15(12-18(16)25-13)27-19-5-4-17-21(23-9-8-22-17)20(19)14-6-10-26-11-7-14/h2-5,8-9,12,14H,6-7,10-11H2,1H3,(H,24,25). The van der Waals surface area contributed by atoms with Crippen molar-refractivity contribution in [2.24, 2.45) is 0 Å². The number of aromatic nitrogens is 4. The number of aryl methyl sites for hydroxylation is 1. The van der Waals surface area contributed by atoms with Gasteiger partial charge in [-0.05, 0) is 49.9 Å². The highest BCUT2D eigenvalue weighted by Crippen LogP contribution is 2.39. The molecule has 0 saturated carbocycles. The number of imidazole rings is 1. The Morgan fingerprint density at radius 3 is 2.74 bits per heavy atom. The summed E-state index contributed by atoms with van der Waals surface area (Å²) in [6.07, 6.45) is 5.40. The van der Waals surface area contributed by atoms with Crippen LogP contribution in [0.2, 0.25) is 0 Å². The maximum Gasteiger partial charge on any atom is 0.133 e. The topological polar surface area (TPSA) is 72.9 Å². The van der Waals surface area contributed by atoms with Gasteiger partial charge in [0.25, 0.3) is 0 Å². The lowest BCUT2D eigenvalue weighted by Gasteiger charge is -2.25. The summed E-state index contributed by atoms with van der Waals surface area (Å²) in [5.74, 6) is 2.87. The molecule has 1 N–H and O–H groups in total. The van der Waals surface area contributed by atoms with Crippen LogP contribution in [0.25, 0.3) is 22.1 Å². The van der Waals surface area contributed by atoms with Crippen LogP contribution in [0.4, 0.5) is 0 Å². The zero-order chi connectivity index (χ0) is 18.2. The molecular formula is C21H20N4O2. The highest BCUT2D eigenvalue weighted by Gasteiger charge is 2.23. The minimum absolute atomic E-state index is 0.354. The van der Waals surface area contributed by atoms with E-state index in [1.165, 1.54) is 0 Å². The minimum Gasteiger partial charge on any atom is -0.457 e. The molecule has 0 amide bonds. The van der Waals surface area contributed by atoms with Crippen LogP contribution in [0.15, 0.2) is 42.7 Å². The average Bonchev–Trinajstić information content (AvgIpc) is 3.08. The maximum absolute atomic E-state index is 6.33. The number of H-pyrrole nitrogens is 1. The normalized spacial score (nSPS) is 15.4. The largest absolute Gasteiger partial charge is 0.457 e. The van der Waals surface area contributed by atoms with Crippen LogP contribution in [-0.4, -0.2) is 33.1 Å². The van der Waals surface area contributed by atoms with Gasteiger partial charge in [0.2, 0.25) is 0 Å². The molecule has 27 heavy (non-hydrogen) atoms. The summed E-state index contributed by atoms with van der Waals surface area (Å²) < 4.78 is 11.9. The Morgan fingerprint density at radius 2 is 1.85 bits per heavy atom. The molecule has 5 rings (SSSR count). The van der Waals surface area contributed by atoms with Crippen LogP contribution in [0.1, 0.15) is 30.1 Å². The highest BCUT2D eigenvalue weighted by molar-refractivity contribution is 5.81. The van der Waals surface area contributed by atoms with E-state index in [1.54, 1.807) is 12.4 Å². The van der Waals surface area contributed by atoms with Gasteiger partial charge in [0, 0.05) is 37.2 Å². The van der Waals surface area contributed by atoms with Gasteiger partial charge in [0.15, 0.2) is 0 Å². The van der Waals surface area contributed by atoms with Gasteiger partial charge in [-0.15, -0.1) is 0 Å². The van der Waals surface area contributed by atoms with Crippen molar-refractivity contribution in [2.75, 3.05) is 13.2 Å². The number of benzene rings is 2. The predicted molar refractivity (Wildman–Crippen MR) is 103 cm³/mol. The van der Waals surface area contributed by atoms with Gasteiger partial charge in [0.05, 0.1) is 22.1 Å². The smallest absolute Gasteiger partial charge is 0.133 e. The van der Waals surface area contributed by atoms with E-state index >= 15 is 0 Å². The van der Waals surface area contributed by atoms with Gasteiger partial charge in [-0.3, -0.25) is 9.97 Å². The first-order valence-corrected chi connectivity index (χ1v) is 9.23. The Balaban J connectivity index is 1.60. The molecule has 6 heteroatoms. The molecule has 1 fully saturated rings. The number of rotatable bonds is 3.